The van der Waals surface area contributed by atoms with Crippen molar-refractivity contribution in [3.63, 3.8) is 0 Å². The van der Waals surface area contributed by atoms with Crippen LogP contribution in [0.25, 0.3) is 0 Å². The Bertz CT molecular complexity index is 957. The lowest BCUT2D eigenvalue weighted by Gasteiger charge is -2.36. The quantitative estimate of drug-likeness (QED) is 0.767. The molecule has 1 aliphatic carbocycles. The van der Waals surface area contributed by atoms with Crippen molar-refractivity contribution in [3.8, 4) is 0 Å². The summed E-state index contributed by atoms with van der Waals surface area (Å²) in [5.74, 6) is -0.439. The molecular weight excluding hydrogens is 370 g/mol. The molecule has 1 aromatic carbocycles. The standard InChI is InChI=1S/C23H23NO3S/c1-3-27-23(26)20-14(2)24-17-12-16(15-8-5-4-6-9-15)13-18(25)21(17)22(20)19-10-7-11-28-19/h4-11,16,22,24H,3,12-13H2,1-2H3/t16-,22+/m1/s1. The zero-order valence-corrected chi connectivity index (χ0v) is 16.8. The fraction of sp³-hybridized carbons (Fsp3) is 0.304. The van der Waals surface area contributed by atoms with Crippen LogP contribution in [-0.2, 0) is 14.3 Å². The zero-order chi connectivity index (χ0) is 19.7. The van der Waals surface area contributed by atoms with E-state index in [1.165, 1.54) is 5.56 Å². The first-order valence-electron chi connectivity index (χ1n) is 9.59. The van der Waals surface area contributed by atoms with Gasteiger partial charge >= 0.3 is 5.97 Å². The van der Waals surface area contributed by atoms with E-state index in [9.17, 15) is 9.59 Å². The topological polar surface area (TPSA) is 55.4 Å². The van der Waals surface area contributed by atoms with Gasteiger partial charge < -0.3 is 10.1 Å². The molecule has 0 saturated carbocycles. The highest BCUT2D eigenvalue weighted by molar-refractivity contribution is 7.10. The van der Waals surface area contributed by atoms with Crippen LogP contribution >= 0.6 is 11.3 Å². The average Bonchev–Trinajstić information content (AvgIpc) is 3.22. The van der Waals surface area contributed by atoms with E-state index in [-0.39, 0.29) is 23.6 Å². The molecule has 1 N–H and O–H groups in total. The number of carbonyl (C=O) groups excluding carboxylic acids is 2. The number of ether oxygens (including phenoxy) is 1. The summed E-state index contributed by atoms with van der Waals surface area (Å²) in [5.41, 5.74) is 4.17. The van der Waals surface area contributed by atoms with Crippen LogP contribution in [0.15, 0.2) is 70.4 Å². The van der Waals surface area contributed by atoms with Crippen molar-refractivity contribution in [2.75, 3.05) is 6.61 Å². The summed E-state index contributed by atoms with van der Waals surface area (Å²) in [6, 6.07) is 14.1. The van der Waals surface area contributed by atoms with Gasteiger partial charge in [0, 0.05) is 28.3 Å². The molecule has 2 atom stereocenters. The minimum atomic E-state index is -0.351. The van der Waals surface area contributed by atoms with Crippen LogP contribution in [0.5, 0.6) is 0 Å². The summed E-state index contributed by atoms with van der Waals surface area (Å²) < 4.78 is 5.32. The van der Waals surface area contributed by atoms with Gasteiger partial charge in [0.25, 0.3) is 0 Å². The summed E-state index contributed by atoms with van der Waals surface area (Å²) in [5, 5.41) is 5.35. The molecule has 4 rings (SSSR count). The SMILES string of the molecule is CCOC(=O)C1=C(C)NC2=C(C(=O)C[C@H](c3ccccc3)C2)[C@H]1c1cccs1. The summed E-state index contributed by atoms with van der Waals surface area (Å²) >= 11 is 1.57. The Hall–Kier alpha value is -2.66. The number of ketones is 1. The Morgan fingerprint density at radius 2 is 1.96 bits per heavy atom. The lowest BCUT2D eigenvalue weighted by atomic mass is 9.73. The van der Waals surface area contributed by atoms with E-state index in [1.54, 1.807) is 18.3 Å². The fourth-order valence-corrected chi connectivity index (χ4v) is 5.06. The van der Waals surface area contributed by atoms with Crippen molar-refractivity contribution in [2.45, 2.75) is 38.5 Å². The molecule has 2 heterocycles. The molecule has 5 heteroatoms. The third-order valence-electron chi connectivity index (χ3n) is 5.42. The van der Waals surface area contributed by atoms with E-state index in [0.717, 1.165) is 28.3 Å². The van der Waals surface area contributed by atoms with Crippen LogP contribution < -0.4 is 5.32 Å². The highest BCUT2D eigenvalue weighted by Crippen LogP contribution is 2.46. The number of Topliss-reactive ketones (excluding diaryl/α,β-unsaturated/α-hetero) is 1. The minimum Gasteiger partial charge on any atom is -0.463 e. The summed E-state index contributed by atoms with van der Waals surface area (Å²) in [4.78, 5) is 27.0. The molecule has 4 nitrogen and oxygen atoms in total. The van der Waals surface area contributed by atoms with Gasteiger partial charge in [-0.1, -0.05) is 36.4 Å². The van der Waals surface area contributed by atoms with Crippen molar-refractivity contribution in [1.82, 2.24) is 5.32 Å². The maximum absolute atomic E-state index is 13.3. The van der Waals surface area contributed by atoms with Gasteiger partial charge in [-0.25, -0.2) is 4.79 Å². The largest absolute Gasteiger partial charge is 0.463 e. The lowest BCUT2D eigenvalue weighted by Crippen LogP contribution is -2.35. The molecule has 1 aliphatic heterocycles. The highest BCUT2D eigenvalue weighted by atomic mass is 32.1. The monoisotopic (exact) mass is 393 g/mol. The Labute approximate surface area is 168 Å². The minimum absolute atomic E-state index is 0.107. The first kappa shape index (κ1) is 18.7. The van der Waals surface area contributed by atoms with Crippen LogP contribution in [0.4, 0.5) is 0 Å². The molecule has 144 valence electrons. The Kier molecular flexibility index (Phi) is 5.18. The highest BCUT2D eigenvalue weighted by Gasteiger charge is 2.41. The Morgan fingerprint density at radius 3 is 2.64 bits per heavy atom. The van der Waals surface area contributed by atoms with Crippen molar-refractivity contribution < 1.29 is 14.3 Å². The maximum atomic E-state index is 13.3. The number of thiophene rings is 1. The molecule has 0 saturated heterocycles. The van der Waals surface area contributed by atoms with E-state index in [2.05, 4.69) is 17.4 Å². The van der Waals surface area contributed by atoms with Gasteiger partial charge in [0.05, 0.1) is 18.1 Å². The molecule has 0 fully saturated rings. The van der Waals surface area contributed by atoms with Crippen molar-refractivity contribution in [1.29, 1.82) is 0 Å². The Balaban J connectivity index is 1.77. The van der Waals surface area contributed by atoms with Gasteiger partial charge in [0.15, 0.2) is 5.78 Å². The predicted molar refractivity (Wildman–Crippen MR) is 110 cm³/mol. The van der Waals surface area contributed by atoms with Gasteiger partial charge in [-0.3, -0.25) is 4.79 Å². The second kappa shape index (κ2) is 7.76. The molecular formula is C23H23NO3S. The second-order valence-electron chi connectivity index (χ2n) is 7.16. The molecule has 0 unspecified atom stereocenters. The molecule has 2 aliphatic rings. The molecule has 0 bridgehead atoms. The normalized spacial score (nSPS) is 22.0. The smallest absolute Gasteiger partial charge is 0.336 e. The number of hydrogen-bond acceptors (Lipinski definition) is 5. The lowest BCUT2D eigenvalue weighted by molar-refractivity contribution is -0.138. The number of hydrogen-bond donors (Lipinski definition) is 1. The van der Waals surface area contributed by atoms with Crippen LogP contribution in [0.2, 0.25) is 0 Å². The van der Waals surface area contributed by atoms with Crippen molar-refractivity contribution >= 4 is 23.1 Å². The number of esters is 1. The molecule has 2 aromatic rings. The van der Waals surface area contributed by atoms with Crippen molar-refractivity contribution in [2.24, 2.45) is 0 Å². The first-order chi connectivity index (χ1) is 13.6. The maximum Gasteiger partial charge on any atom is 0.336 e. The number of carbonyl (C=O) groups is 2. The average molecular weight is 394 g/mol. The van der Waals surface area contributed by atoms with Gasteiger partial charge in [0.1, 0.15) is 0 Å². The molecule has 0 amide bonds. The van der Waals surface area contributed by atoms with E-state index < -0.39 is 0 Å². The third kappa shape index (κ3) is 3.31. The van der Waals surface area contributed by atoms with Crippen LogP contribution in [0.3, 0.4) is 0 Å². The number of dihydropyridines is 1. The molecule has 1 aromatic heterocycles. The van der Waals surface area contributed by atoms with Crippen LogP contribution in [0.1, 0.15) is 49.0 Å². The van der Waals surface area contributed by atoms with E-state index in [4.69, 9.17) is 4.74 Å². The van der Waals surface area contributed by atoms with E-state index in [1.807, 2.05) is 42.6 Å². The predicted octanol–water partition coefficient (Wildman–Crippen LogP) is 4.67. The third-order valence-corrected chi connectivity index (χ3v) is 6.36. The number of nitrogens with one attached hydrogen (secondary N) is 1. The molecule has 28 heavy (non-hydrogen) atoms. The number of benzene rings is 1. The summed E-state index contributed by atoms with van der Waals surface area (Å²) in [6.45, 7) is 4.00. The van der Waals surface area contributed by atoms with E-state index in [0.29, 0.717) is 18.6 Å². The number of rotatable bonds is 4. The number of allylic oxidation sites excluding steroid dienone is 3. The zero-order valence-electron chi connectivity index (χ0n) is 16.0. The van der Waals surface area contributed by atoms with Gasteiger partial charge in [-0.2, -0.15) is 0 Å². The van der Waals surface area contributed by atoms with Gasteiger partial charge in [-0.15, -0.1) is 11.3 Å². The second-order valence-corrected chi connectivity index (χ2v) is 8.14. The summed E-state index contributed by atoms with van der Waals surface area (Å²) in [6.07, 6.45) is 1.22. The van der Waals surface area contributed by atoms with E-state index >= 15 is 0 Å². The van der Waals surface area contributed by atoms with Crippen LogP contribution in [-0.4, -0.2) is 18.4 Å². The fourth-order valence-electron chi connectivity index (χ4n) is 4.22. The molecule has 0 spiro atoms. The Morgan fingerprint density at radius 1 is 1.18 bits per heavy atom. The first-order valence-corrected chi connectivity index (χ1v) is 10.5. The van der Waals surface area contributed by atoms with Crippen LogP contribution in [0, 0.1) is 0 Å². The summed E-state index contributed by atoms with van der Waals surface area (Å²) in [7, 11) is 0. The van der Waals surface area contributed by atoms with Crippen molar-refractivity contribution in [3.05, 3.63) is 80.8 Å². The van der Waals surface area contributed by atoms with Gasteiger partial charge in [0.2, 0.25) is 0 Å². The van der Waals surface area contributed by atoms with Gasteiger partial charge in [-0.05, 0) is 43.2 Å². The molecule has 0 radical (unpaired) electrons.